The molecule has 2 fully saturated rings. The number of hydrogen-bond acceptors (Lipinski definition) is 6. The van der Waals surface area contributed by atoms with Crippen LogP contribution in [0.5, 0.6) is 5.75 Å². The smallest absolute Gasteiger partial charge is 0.243 e. The fraction of sp³-hybridized carbons (Fsp3) is 0.423. The van der Waals surface area contributed by atoms with Gasteiger partial charge in [-0.25, -0.2) is 0 Å². The van der Waals surface area contributed by atoms with Crippen molar-refractivity contribution in [3.63, 3.8) is 0 Å². The summed E-state index contributed by atoms with van der Waals surface area (Å²) in [5.41, 5.74) is 2.86. The summed E-state index contributed by atoms with van der Waals surface area (Å²) in [7, 11) is 1.66. The fourth-order valence-electron chi connectivity index (χ4n) is 4.49. The van der Waals surface area contributed by atoms with Gasteiger partial charge in [0.05, 0.1) is 20.1 Å². The molecule has 2 heterocycles. The minimum Gasteiger partial charge on any atom is -0.497 e. The summed E-state index contributed by atoms with van der Waals surface area (Å²) in [6.45, 7) is 6.06. The van der Waals surface area contributed by atoms with E-state index in [0.717, 1.165) is 43.2 Å². The van der Waals surface area contributed by atoms with Gasteiger partial charge in [-0.05, 0) is 31.2 Å². The monoisotopic (exact) mass is 479 g/mol. The van der Waals surface area contributed by atoms with E-state index in [1.165, 1.54) is 0 Å². The SMILES string of the molecule is COc1cccc(N2CCN(CC(=O)N3CCNC(=O)[C@@H]3CC(=O)Nc3ccc(C)cc3)CC2)c1. The summed E-state index contributed by atoms with van der Waals surface area (Å²) < 4.78 is 5.32. The first-order valence-electron chi connectivity index (χ1n) is 12.0. The minimum atomic E-state index is -0.806. The Morgan fingerprint density at radius 2 is 1.80 bits per heavy atom. The first-order valence-corrected chi connectivity index (χ1v) is 12.0. The number of amides is 3. The second-order valence-electron chi connectivity index (χ2n) is 8.98. The predicted octanol–water partition coefficient (Wildman–Crippen LogP) is 1.48. The van der Waals surface area contributed by atoms with E-state index in [-0.39, 0.29) is 30.7 Å². The van der Waals surface area contributed by atoms with Gasteiger partial charge in [0.15, 0.2) is 0 Å². The van der Waals surface area contributed by atoms with E-state index < -0.39 is 6.04 Å². The van der Waals surface area contributed by atoms with E-state index >= 15 is 0 Å². The Bertz CT molecular complexity index is 1050. The van der Waals surface area contributed by atoms with Crippen LogP contribution in [0.2, 0.25) is 0 Å². The largest absolute Gasteiger partial charge is 0.497 e. The number of carbonyl (C=O) groups is 3. The number of ether oxygens (including phenoxy) is 1. The molecule has 0 spiro atoms. The highest BCUT2D eigenvalue weighted by Crippen LogP contribution is 2.22. The molecule has 9 heteroatoms. The van der Waals surface area contributed by atoms with Gasteiger partial charge in [-0.2, -0.15) is 0 Å². The van der Waals surface area contributed by atoms with Gasteiger partial charge < -0.3 is 25.2 Å². The Balaban J connectivity index is 1.32. The van der Waals surface area contributed by atoms with Crippen molar-refractivity contribution in [1.82, 2.24) is 15.1 Å². The molecule has 2 aromatic carbocycles. The zero-order valence-corrected chi connectivity index (χ0v) is 20.3. The predicted molar refractivity (Wildman–Crippen MR) is 135 cm³/mol. The van der Waals surface area contributed by atoms with Crippen molar-refractivity contribution < 1.29 is 19.1 Å². The minimum absolute atomic E-state index is 0.0743. The highest BCUT2D eigenvalue weighted by Gasteiger charge is 2.35. The number of methoxy groups -OCH3 is 1. The Labute approximate surface area is 206 Å². The third-order valence-corrected chi connectivity index (χ3v) is 6.51. The molecule has 2 saturated heterocycles. The molecule has 4 rings (SSSR count). The summed E-state index contributed by atoms with van der Waals surface area (Å²) in [5, 5.41) is 5.61. The van der Waals surface area contributed by atoms with Crippen LogP contribution in [0.1, 0.15) is 12.0 Å². The van der Waals surface area contributed by atoms with Crippen molar-refractivity contribution >= 4 is 29.1 Å². The standard InChI is InChI=1S/C26H33N5O4/c1-19-6-8-20(9-7-19)28-24(32)17-23-26(34)27-10-11-31(23)25(33)18-29-12-14-30(15-13-29)21-4-3-5-22(16-21)35-2/h3-9,16,23H,10-15,17-18H2,1-2H3,(H,27,34)(H,28,32)/t23-/m0/s1. The van der Waals surface area contributed by atoms with Gasteiger partial charge >= 0.3 is 0 Å². The molecule has 1 atom stereocenters. The Morgan fingerprint density at radius 1 is 1.06 bits per heavy atom. The summed E-state index contributed by atoms with van der Waals surface area (Å²) in [6.07, 6.45) is -0.0743. The van der Waals surface area contributed by atoms with Crippen LogP contribution in [-0.4, -0.2) is 86.5 Å². The molecule has 3 amide bonds. The molecule has 0 radical (unpaired) electrons. The number of nitrogens with one attached hydrogen (secondary N) is 2. The molecular formula is C26H33N5O4. The molecule has 186 valence electrons. The van der Waals surface area contributed by atoms with E-state index in [2.05, 4.69) is 26.5 Å². The van der Waals surface area contributed by atoms with E-state index in [0.29, 0.717) is 18.8 Å². The molecule has 0 aliphatic carbocycles. The molecule has 2 aliphatic heterocycles. The number of piperazine rings is 2. The second-order valence-corrected chi connectivity index (χ2v) is 8.98. The van der Waals surface area contributed by atoms with Crippen molar-refractivity contribution in [2.45, 2.75) is 19.4 Å². The molecule has 35 heavy (non-hydrogen) atoms. The fourth-order valence-corrected chi connectivity index (χ4v) is 4.49. The third kappa shape index (κ3) is 6.30. The van der Waals surface area contributed by atoms with Gasteiger partial charge in [-0.1, -0.05) is 23.8 Å². The number of rotatable bonds is 7. The van der Waals surface area contributed by atoms with Gasteiger partial charge in [-0.3, -0.25) is 19.3 Å². The van der Waals surface area contributed by atoms with Crippen LogP contribution >= 0.6 is 0 Å². The highest BCUT2D eigenvalue weighted by atomic mass is 16.5. The molecular weight excluding hydrogens is 446 g/mol. The number of nitrogens with zero attached hydrogens (tertiary/aromatic N) is 3. The Kier molecular flexibility index (Phi) is 7.87. The lowest BCUT2D eigenvalue weighted by atomic mass is 10.1. The quantitative estimate of drug-likeness (QED) is 0.625. The number of benzene rings is 2. The number of hydrogen-bond donors (Lipinski definition) is 2. The van der Waals surface area contributed by atoms with Crippen LogP contribution in [0.4, 0.5) is 11.4 Å². The van der Waals surface area contributed by atoms with Gasteiger partial charge in [0.2, 0.25) is 17.7 Å². The zero-order valence-electron chi connectivity index (χ0n) is 20.3. The molecule has 0 bridgehead atoms. The van der Waals surface area contributed by atoms with Gasteiger partial charge in [0.25, 0.3) is 0 Å². The normalized spacial score (nSPS) is 18.7. The van der Waals surface area contributed by atoms with Crippen LogP contribution in [0.3, 0.4) is 0 Å². The summed E-state index contributed by atoms with van der Waals surface area (Å²) >= 11 is 0. The lowest BCUT2D eigenvalue weighted by molar-refractivity contribution is -0.145. The van der Waals surface area contributed by atoms with Crippen LogP contribution in [0.25, 0.3) is 0 Å². The first kappa shape index (κ1) is 24.5. The van der Waals surface area contributed by atoms with E-state index in [4.69, 9.17) is 4.74 Å². The zero-order chi connectivity index (χ0) is 24.8. The number of aryl methyl sites for hydroxylation is 1. The molecule has 2 aromatic rings. The summed E-state index contributed by atoms with van der Waals surface area (Å²) in [6, 6.07) is 14.6. The number of carbonyl (C=O) groups excluding carboxylic acids is 3. The first-order chi connectivity index (χ1) is 16.9. The molecule has 9 nitrogen and oxygen atoms in total. The van der Waals surface area contributed by atoms with Gasteiger partial charge in [0.1, 0.15) is 11.8 Å². The highest BCUT2D eigenvalue weighted by molar-refractivity contribution is 5.97. The maximum atomic E-state index is 13.2. The number of anilines is 2. The van der Waals surface area contributed by atoms with Gasteiger partial charge in [-0.15, -0.1) is 0 Å². The van der Waals surface area contributed by atoms with Crippen molar-refractivity contribution in [2.75, 3.05) is 63.1 Å². The maximum Gasteiger partial charge on any atom is 0.243 e. The van der Waals surface area contributed by atoms with Crippen molar-refractivity contribution in [3.8, 4) is 5.75 Å². The van der Waals surface area contributed by atoms with E-state index in [9.17, 15) is 14.4 Å². The average Bonchev–Trinajstić information content (AvgIpc) is 2.87. The summed E-state index contributed by atoms with van der Waals surface area (Å²) in [5.74, 6) is 0.121. The van der Waals surface area contributed by atoms with Crippen LogP contribution in [-0.2, 0) is 14.4 Å². The average molecular weight is 480 g/mol. The lowest BCUT2D eigenvalue weighted by Crippen LogP contribution is -2.60. The van der Waals surface area contributed by atoms with Crippen LogP contribution in [0, 0.1) is 6.92 Å². The van der Waals surface area contributed by atoms with Crippen molar-refractivity contribution in [1.29, 1.82) is 0 Å². The molecule has 0 aromatic heterocycles. The van der Waals surface area contributed by atoms with Crippen molar-refractivity contribution in [3.05, 3.63) is 54.1 Å². The molecule has 0 saturated carbocycles. The topological polar surface area (TPSA) is 94.2 Å². The van der Waals surface area contributed by atoms with Crippen LogP contribution < -0.4 is 20.3 Å². The molecule has 0 unspecified atom stereocenters. The maximum absolute atomic E-state index is 13.2. The third-order valence-electron chi connectivity index (χ3n) is 6.51. The van der Waals surface area contributed by atoms with Crippen LogP contribution in [0.15, 0.2) is 48.5 Å². The van der Waals surface area contributed by atoms with Crippen molar-refractivity contribution in [2.24, 2.45) is 0 Å². The molecule has 2 N–H and O–H groups in total. The Hall–Kier alpha value is -3.59. The second kappa shape index (κ2) is 11.2. The lowest BCUT2D eigenvalue weighted by Gasteiger charge is -2.39. The van der Waals surface area contributed by atoms with E-state index in [1.807, 2.05) is 49.4 Å². The van der Waals surface area contributed by atoms with E-state index in [1.54, 1.807) is 12.0 Å². The Morgan fingerprint density at radius 3 is 2.51 bits per heavy atom. The van der Waals surface area contributed by atoms with Gasteiger partial charge in [0, 0.05) is 56.7 Å². The molecule has 2 aliphatic rings. The summed E-state index contributed by atoms with van der Waals surface area (Å²) in [4.78, 5) is 44.3.